The van der Waals surface area contributed by atoms with E-state index in [1.165, 1.54) is 19.3 Å². The molecular formula is C8H20. The van der Waals surface area contributed by atoms with Crippen molar-refractivity contribution in [3.8, 4) is 0 Å². The molecule has 0 aromatic rings. The molecule has 0 saturated heterocycles. The quantitative estimate of drug-likeness (QED) is 0.454. The van der Waals surface area contributed by atoms with Crippen LogP contribution in [0.4, 0.5) is 0 Å². The molecule has 1 fully saturated rings. The van der Waals surface area contributed by atoms with E-state index < -0.39 is 0 Å². The minimum atomic E-state index is 0. The van der Waals surface area contributed by atoms with Crippen LogP contribution in [0.1, 0.15) is 47.5 Å². The molecule has 0 radical (unpaired) electrons. The van der Waals surface area contributed by atoms with Crippen LogP contribution in [0.15, 0.2) is 0 Å². The summed E-state index contributed by atoms with van der Waals surface area (Å²) in [5.74, 6) is 0.833. The summed E-state index contributed by atoms with van der Waals surface area (Å²) in [7, 11) is 0. The van der Waals surface area contributed by atoms with Crippen LogP contribution in [-0.2, 0) is 0 Å². The van der Waals surface area contributed by atoms with E-state index in [2.05, 4.69) is 20.8 Å². The summed E-state index contributed by atoms with van der Waals surface area (Å²) in [5, 5.41) is 0. The van der Waals surface area contributed by atoms with Crippen molar-refractivity contribution in [2.45, 2.75) is 47.5 Å². The maximum absolute atomic E-state index is 2.17. The molecule has 0 heteroatoms. The first-order chi connectivity index (χ1) is 3.23. The summed E-state index contributed by atoms with van der Waals surface area (Å²) < 4.78 is 0. The fourth-order valence-corrected chi connectivity index (χ4v) is 0. The van der Waals surface area contributed by atoms with Crippen molar-refractivity contribution in [1.82, 2.24) is 0 Å². The second kappa shape index (κ2) is 7.00. The van der Waals surface area contributed by atoms with E-state index in [0.29, 0.717) is 0 Å². The van der Waals surface area contributed by atoms with Gasteiger partial charge in [0, 0.05) is 0 Å². The van der Waals surface area contributed by atoms with Gasteiger partial charge in [0.2, 0.25) is 0 Å². The lowest BCUT2D eigenvalue weighted by molar-refractivity contribution is 0.737. The fraction of sp³-hybridized carbons (Fsp3) is 1.00. The Balaban J connectivity index is 0. The van der Waals surface area contributed by atoms with Crippen LogP contribution in [0.25, 0.3) is 0 Å². The Morgan fingerprint density at radius 1 is 0.875 bits per heavy atom. The molecule has 8 heavy (non-hydrogen) atoms. The van der Waals surface area contributed by atoms with Crippen molar-refractivity contribution < 1.29 is 0 Å². The molecule has 52 valence electrons. The van der Waals surface area contributed by atoms with Gasteiger partial charge in [0.15, 0.2) is 0 Å². The van der Waals surface area contributed by atoms with Crippen LogP contribution in [0.5, 0.6) is 0 Å². The topological polar surface area (TPSA) is 0 Å². The molecule has 0 aliphatic heterocycles. The van der Waals surface area contributed by atoms with Gasteiger partial charge in [-0.25, -0.2) is 0 Å². The zero-order chi connectivity index (χ0) is 5.70. The average Bonchev–Trinajstić information content (AvgIpc) is 2.02. The largest absolute Gasteiger partial charge is 0.0776 e. The highest BCUT2D eigenvalue weighted by Gasteiger charge is 1.95. The van der Waals surface area contributed by atoms with Gasteiger partial charge in [-0.15, -0.1) is 0 Å². The molecule has 0 atom stereocenters. The van der Waals surface area contributed by atoms with Crippen LogP contribution in [0.3, 0.4) is 0 Å². The normalized spacial score (nSPS) is 13.5. The van der Waals surface area contributed by atoms with Gasteiger partial charge >= 0.3 is 0 Å². The zero-order valence-electron chi connectivity index (χ0n) is 5.70. The zero-order valence-corrected chi connectivity index (χ0v) is 5.70. The lowest BCUT2D eigenvalue weighted by Gasteiger charge is -1.79. The lowest BCUT2D eigenvalue weighted by atomic mass is 10.3. The first kappa shape index (κ1) is 10.9. The van der Waals surface area contributed by atoms with Crippen molar-refractivity contribution >= 4 is 0 Å². The van der Waals surface area contributed by atoms with Crippen LogP contribution >= 0.6 is 0 Å². The molecule has 0 nitrogen and oxygen atoms in total. The molecule has 0 N–H and O–H groups in total. The third-order valence-electron chi connectivity index (χ3n) is 0.354. The van der Waals surface area contributed by atoms with E-state index in [4.69, 9.17) is 0 Å². The van der Waals surface area contributed by atoms with Gasteiger partial charge in [-0.3, -0.25) is 0 Å². The van der Waals surface area contributed by atoms with E-state index in [9.17, 15) is 0 Å². The smallest absolute Gasteiger partial charge is 0.0500 e. The lowest BCUT2D eigenvalue weighted by Crippen LogP contribution is -1.66. The van der Waals surface area contributed by atoms with Crippen molar-refractivity contribution in [2.24, 2.45) is 5.92 Å². The SMILES string of the molecule is C.C1CC1.CC(C)C. The Morgan fingerprint density at radius 2 is 1.00 bits per heavy atom. The molecule has 1 aliphatic carbocycles. The predicted molar refractivity (Wildman–Crippen MR) is 41.1 cm³/mol. The molecule has 0 spiro atoms. The van der Waals surface area contributed by atoms with Gasteiger partial charge in [0.25, 0.3) is 0 Å². The van der Waals surface area contributed by atoms with E-state index in [1.54, 1.807) is 0 Å². The summed E-state index contributed by atoms with van der Waals surface area (Å²) in [6.45, 7) is 6.50. The third kappa shape index (κ3) is 150. The van der Waals surface area contributed by atoms with Gasteiger partial charge in [0.1, 0.15) is 0 Å². The highest BCUT2D eigenvalue weighted by atomic mass is 14.0. The van der Waals surface area contributed by atoms with Crippen LogP contribution in [0.2, 0.25) is 0 Å². The second-order valence-corrected chi connectivity index (χ2v) is 2.79. The molecule has 0 aromatic heterocycles. The van der Waals surface area contributed by atoms with Gasteiger partial charge in [-0.1, -0.05) is 47.5 Å². The molecule has 0 amide bonds. The molecule has 0 bridgehead atoms. The Bertz CT molecular complexity index is 21.5. The number of rotatable bonds is 0. The van der Waals surface area contributed by atoms with Crippen molar-refractivity contribution in [3.63, 3.8) is 0 Å². The molecular weight excluding hydrogens is 96.1 g/mol. The standard InChI is InChI=1S/C4H10.C3H6.CH4/c1-4(2)3;1-2-3-1;/h4H,1-3H3;1-3H2;1H4. The number of hydrogen-bond donors (Lipinski definition) is 0. The molecule has 1 rings (SSSR count). The van der Waals surface area contributed by atoms with E-state index in [-0.39, 0.29) is 7.43 Å². The van der Waals surface area contributed by atoms with Crippen molar-refractivity contribution in [3.05, 3.63) is 0 Å². The van der Waals surface area contributed by atoms with Gasteiger partial charge in [-0.05, 0) is 5.92 Å². The molecule has 1 saturated carbocycles. The molecule has 1 aliphatic rings. The third-order valence-corrected chi connectivity index (χ3v) is 0.354. The maximum atomic E-state index is 2.17. The molecule has 0 unspecified atom stereocenters. The summed E-state index contributed by atoms with van der Waals surface area (Å²) in [4.78, 5) is 0. The maximum Gasteiger partial charge on any atom is -0.0500 e. The minimum Gasteiger partial charge on any atom is -0.0776 e. The molecule has 0 aromatic carbocycles. The minimum absolute atomic E-state index is 0. The van der Waals surface area contributed by atoms with E-state index in [1.807, 2.05) is 0 Å². The average molecular weight is 116 g/mol. The second-order valence-electron chi connectivity index (χ2n) is 2.79. The van der Waals surface area contributed by atoms with Crippen LogP contribution < -0.4 is 0 Å². The fourth-order valence-electron chi connectivity index (χ4n) is 0. The van der Waals surface area contributed by atoms with E-state index in [0.717, 1.165) is 5.92 Å². The monoisotopic (exact) mass is 116 g/mol. The summed E-state index contributed by atoms with van der Waals surface area (Å²) in [6, 6.07) is 0. The molecule has 0 heterocycles. The van der Waals surface area contributed by atoms with E-state index >= 15 is 0 Å². The Labute approximate surface area is 54.3 Å². The summed E-state index contributed by atoms with van der Waals surface area (Å²) in [5.41, 5.74) is 0. The Hall–Kier alpha value is 0. The van der Waals surface area contributed by atoms with Gasteiger partial charge < -0.3 is 0 Å². The predicted octanol–water partition coefficient (Wildman–Crippen LogP) is 3.47. The highest BCUT2D eigenvalue weighted by Crippen LogP contribution is 2.14. The Kier molecular flexibility index (Phi) is 9.53. The van der Waals surface area contributed by atoms with Crippen molar-refractivity contribution in [1.29, 1.82) is 0 Å². The summed E-state index contributed by atoms with van der Waals surface area (Å²) >= 11 is 0. The number of hydrogen-bond acceptors (Lipinski definition) is 0. The van der Waals surface area contributed by atoms with Gasteiger partial charge in [-0.2, -0.15) is 0 Å². The Morgan fingerprint density at radius 3 is 1.00 bits per heavy atom. The van der Waals surface area contributed by atoms with Crippen LogP contribution in [0, 0.1) is 5.92 Å². The highest BCUT2D eigenvalue weighted by molar-refractivity contribution is 4.50. The van der Waals surface area contributed by atoms with Crippen molar-refractivity contribution in [2.75, 3.05) is 0 Å². The first-order valence-electron chi connectivity index (χ1n) is 3.23. The summed E-state index contributed by atoms with van der Waals surface area (Å²) in [6.07, 6.45) is 4.50. The van der Waals surface area contributed by atoms with Crippen LogP contribution in [-0.4, -0.2) is 0 Å². The van der Waals surface area contributed by atoms with Gasteiger partial charge in [0.05, 0.1) is 0 Å². The first-order valence-corrected chi connectivity index (χ1v) is 3.23.